The van der Waals surface area contributed by atoms with Crippen LogP contribution in [0.2, 0.25) is 5.02 Å². The molecule has 1 aromatic rings. The van der Waals surface area contributed by atoms with E-state index in [0.29, 0.717) is 30.1 Å². The van der Waals surface area contributed by atoms with Gasteiger partial charge < -0.3 is 20.1 Å². The lowest BCUT2D eigenvalue weighted by Gasteiger charge is -2.13. The summed E-state index contributed by atoms with van der Waals surface area (Å²) in [7, 11) is -1.91. The summed E-state index contributed by atoms with van der Waals surface area (Å²) in [6, 6.07) is 6.15. The fraction of sp³-hybridized carbons (Fsp3) is 0.611. The van der Waals surface area contributed by atoms with Gasteiger partial charge in [0.2, 0.25) is 10.0 Å². The highest BCUT2D eigenvalue weighted by atomic mass is 35.5. The van der Waals surface area contributed by atoms with Gasteiger partial charge in [-0.1, -0.05) is 17.7 Å². The maximum atomic E-state index is 12.2. The van der Waals surface area contributed by atoms with E-state index in [1.165, 1.54) is 12.1 Å². The highest BCUT2D eigenvalue weighted by molar-refractivity contribution is 7.89. The van der Waals surface area contributed by atoms with Crippen molar-refractivity contribution in [2.45, 2.75) is 17.7 Å². The normalized spacial score (nSPS) is 17.6. The van der Waals surface area contributed by atoms with Crippen LogP contribution in [0.15, 0.2) is 34.2 Å². The molecule has 0 amide bonds. The van der Waals surface area contributed by atoms with Crippen molar-refractivity contribution in [1.29, 1.82) is 0 Å². The van der Waals surface area contributed by atoms with Crippen LogP contribution in [0.4, 0.5) is 0 Å². The Bertz CT molecular complexity index is 724. The first-order chi connectivity index (χ1) is 13.5. The summed E-state index contributed by atoms with van der Waals surface area (Å²) in [6.07, 6.45) is 1.94. The zero-order valence-electron chi connectivity index (χ0n) is 16.1. The van der Waals surface area contributed by atoms with Crippen LogP contribution in [0.5, 0.6) is 0 Å². The number of hydrogen-bond donors (Lipinski definition) is 3. The van der Waals surface area contributed by atoms with E-state index in [4.69, 9.17) is 21.1 Å². The Morgan fingerprint density at radius 1 is 1.32 bits per heavy atom. The predicted molar refractivity (Wildman–Crippen MR) is 110 cm³/mol. The molecule has 3 N–H and O–H groups in total. The number of benzene rings is 1. The molecule has 1 fully saturated rings. The molecular formula is C18H29ClN4O4S. The molecule has 10 heteroatoms. The molecular weight excluding hydrogens is 404 g/mol. The maximum Gasteiger partial charge on any atom is 0.240 e. The summed E-state index contributed by atoms with van der Waals surface area (Å²) >= 11 is 5.84. The number of nitrogens with one attached hydrogen (secondary N) is 3. The predicted octanol–water partition coefficient (Wildman–Crippen LogP) is 1.23. The number of hydrogen-bond acceptors (Lipinski definition) is 5. The molecule has 0 radical (unpaired) electrons. The van der Waals surface area contributed by atoms with E-state index in [1.807, 2.05) is 0 Å². The van der Waals surface area contributed by atoms with Gasteiger partial charge in [0.15, 0.2) is 5.96 Å². The SMILES string of the molecule is CN=C(NCCCOCC1CCOC1)NCCNS(=O)(=O)c1cccc(Cl)c1. The Morgan fingerprint density at radius 3 is 2.86 bits per heavy atom. The third-order valence-corrected chi connectivity index (χ3v) is 5.87. The second-order valence-corrected chi connectivity index (χ2v) is 8.64. The first-order valence-electron chi connectivity index (χ1n) is 9.36. The molecule has 1 heterocycles. The van der Waals surface area contributed by atoms with Crippen molar-refractivity contribution < 1.29 is 17.9 Å². The van der Waals surface area contributed by atoms with E-state index < -0.39 is 10.0 Å². The van der Waals surface area contributed by atoms with Gasteiger partial charge in [0, 0.05) is 50.8 Å². The minimum atomic E-state index is -3.58. The molecule has 158 valence electrons. The van der Waals surface area contributed by atoms with Crippen molar-refractivity contribution >= 4 is 27.6 Å². The number of aliphatic imine (C=N–C) groups is 1. The number of nitrogens with zero attached hydrogens (tertiary/aromatic N) is 1. The topological polar surface area (TPSA) is 101 Å². The third kappa shape index (κ3) is 8.32. The van der Waals surface area contributed by atoms with Crippen molar-refractivity contribution in [3.63, 3.8) is 0 Å². The van der Waals surface area contributed by atoms with Gasteiger partial charge in [-0.2, -0.15) is 0 Å². The lowest BCUT2D eigenvalue weighted by molar-refractivity contribution is 0.0888. The zero-order valence-corrected chi connectivity index (χ0v) is 17.7. The van der Waals surface area contributed by atoms with Crippen molar-refractivity contribution in [2.75, 3.05) is 53.1 Å². The van der Waals surface area contributed by atoms with E-state index in [-0.39, 0.29) is 11.4 Å². The maximum absolute atomic E-state index is 12.2. The number of sulfonamides is 1. The Hall–Kier alpha value is -1.39. The average molecular weight is 433 g/mol. The molecule has 8 nitrogen and oxygen atoms in total. The molecule has 0 spiro atoms. The number of ether oxygens (including phenoxy) is 2. The fourth-order valence-corrected chi connectivity index (χ4v) is 3.98. The third-order valence-electron chi connectivity index (χ3n) is 4.17. The van der Waals surface area contributed by atoms with Crippen LogP contribution in [0.25, 0.3) is 0 Å². The van der Waals surface area contributed by atoms with E-state index in [2.05, 4.69) is 20.3 Å². The molecule has 1 aromatic carbocycles. The average Bonchev–Trinajstić information content (AvgIpc) is 3.19. The van der Waals surface area contributed by atoms with Gasteiger partial charge in [-0.25, -0.2) is 13.1 Å². The molecule has 28 heavy (non-hydrogen) atoms. The molecule has 1 unspecified atom stereocenters. The van der Waals surface area contributed by atoms with E-state index in [9.17, 15) is 8.42 Å². The van der Waals surface area contributed by atoms with E-state index in [1.54, 1.807) is 19.2 Å². The van der Waals surface area contributed by atoms with Crippen molar-refractivity contribution in [3.05, 3.63) is 29.3 Å². The number of guanidine groups is 1. The number of halogens is 1. The monoisotopic (exact) mass is 432 g/mol. The van der Waals surface area contributed by atoms with Gasteiger partial charge in [0.05, 0.1) is 18.1 Å². The van der Waals surface area contributed by atoms with Crippen molar-refractivity contribution in [3.8, 4) is 0 Å². The van der Waals surface area contributed by atoms with E-state index in [0.717, 1.165) is 39.2 Å². The molecule has 0 bridgehead atoms. The molecule has 0 aromatic heterocycles. The van der Waals surface area contributed by atoms with Crippen molar-refractivity contribution in [1.82, 2.24) is 15.4 Å². The lowest BCUT2D eigenvalue weighted by atomic mass is 10.1. The highest BCUT2D eigenvalue weighted by Crippen LogP contribution is 2.15. The van der Waals surface area contributed by atoms with Crippen LogP contribution in [-0.2, 0) is 19.5 Å². The largest absolute Gasteiger partial charge is 0.381 e. The van der Waals surface area contributed by atoms with Gasteiger partial charge in [-0.15, -0.1) is 0 Å². The van der Waals surface area contributed by atoms with Gasteiger partial charge >= 0.3 is 0 Å². The smallest absolute Gasteiger partial charge is 0.240 e. The van der Waals surface area contributed by atoms with Crippen LogP contribution >= 0.6 is 11.6 Å². The van der Waals surface area contributed by atoms with Gasteiger partial charge in [0.25, 0.3) is 0 Å². The lowest BCUT2D eigenvalue weighted by Crippen LogP contribution is -2.42. The summed E-state index contributed by atoms with van der Waals surface area (Å²) in [5.41, 5.74) is 0. The molecule has 1 saturated heterocycles. The summed E-state index contributed by atoms with van der Waals surface area (Å²) in [5, 5.41) is 6.62. The molecule has 1 aliphatic heterocycles. The first-order valence-corrected chi connectivity index (χ1v) is 11.2. The second-order valence-electron chi connectivity index (χ2n) is 6.44. The second kappa shape index (κ2) is 12.2. The highest BCUT2D eigenvalue weighted by Gasteiger charge is 2.15. The summed E-state index contributed by atoms with van der Waals surface area (Å²) in [4.78, 5) is 4.26. The zero-order chi connectivity index (χ0) is 20.2. The summed E-state index contributed by atoms with van der Waals surface area (Å²) < 4.78 is 37.9. The van der Waals surface area contributed by atoms with Crippen LogP contribution in [0.1, 0.15) is 12.8 Å². The Labute approximate surface area is 172 Å². The Morgan fingerprint density at radius 2 is 2.14 bits per heavy atom. The van der Waals surface area contributed by atoms with Crippen LogP contribution < -0.4 is 15.4 Å². The molecule has 0 aliphatic carbocycles. The quantitative estimate of drug-likeness (QED) is 0.276. The molecule has 2 rings (SSSR count). The molecule has 1 aliphatic rings. The Kier molecular flexibility index (Phi) is 10.0. The van der Waals surface area contributed by atoms with Crippen molar-refractivity contribution in [2.24, 2.45) is 10.9 Å². The van der Waals surface area contributed by atoms with Gasteiger partial charge in [0.1, 0.15) is 0 Å². The van der Waals surface area contributed by atoms with Crippen LogP contribution in [0.3, 0.4) is 0 Å². The van der Waals surface area contributed by atoms with Gasteiger partial charge in [-0.05, 0) is 31.0 Å². The number of rotatable bonds is 11. The molecule has 1 atom stereocenters. The standard InChI is InChI=1S/C18H29ClN4O4S/c1-20-18(21-7-3-10-26-13-15-6-11-27-14-15)22-8-9-23-28(24,25)17-5-2-4-16(19)12-17/h2,4-5,12,15,23H,3,6-11,13-14H2,1H3,(H2,20,21,22). The minimum absolute atomic E-state index is 0.145. The first kappa shape index (κ1) is 22.9. The van der Waals surface area contributed by atoms with Crippen LogP contribution in [0, 0.1) is 5.92 Å². The molecule has 0 saturated carbocycles. The summed E-state index contributed by atoms with van der Waals surface area (Å²) in [5.74, 6) is 1.14. The van der Waals surface area contributed by atoms with E-state index >= 15 is 0 Å². The minimum Gasteiger partial charge on any atom is -0.381 e. The fourth-order valence-electron chi connectivity index (χ4n) is 2.65. The van der Waals surface area contributed by atoms with Crippen LogP contribution in [-0.4, -0.2) is 67.5 Å². The van der Waals surface area contributed by atoms with Gasteiger partial charge in [-0.3, -0.25) is 4.99 Å². The summed E-state index contributed by atoms with van der Waals surface area (Å²) in [6.45, 7) is 4.41. The Balaban J connectivity index is 1.56.